The summed E-state index contributed by atoms with van der Waals surface area (Å²) in [5.41, 5.74) is 2.64. The fourth-order valence-corrected chi connectivity index (χ4v) is 1.95. The van der Waals surface area contributed by atoms with Gasteiger partial charge >= 0.3 is 5.97 Å². The Hall–Kier alpha value is -2.49. The molecule has 0 fully saturated rings. The quantitative estimate of drug-likeness (QED) is 0.742. The fourth-order valence-electron chi connectivity index (χ4n) is 1.95. The van der Waals surface area contributed by atoms with Gasteiger partial charge in [0.05, 0.1) is 11.3 Å². The number of benzene rings is 2. The Kier molecular flexibility index (Phi) is 3.89. The van der Waals surface area contributed by atoms with Crippen LogP contribution in [0.3, 0.4) is 0 Å². The minimum absolute atomic E-state index is 0.0166. The van der Waals surface area contributed by atoms with Gasteiger partial charge in [-0.1, -0.05) is 26.8 Å². The lowest BCUT2D eigenvalue weighted by atomic mass is 9.87. The molecule has 0 aromatic heterocycles. The van der Waals surface area contributed by atoms with E-state index in [1.54, 1.807) is 18.2 Å². The van der Waals surface area contributed by atoms with Crippen LogP contribution in [-0.4, -0.2) is 16.2 Å². The van der Waals surface area contributed by atoms with E-state index in [0.717, 1.165) is 11.3 Å². The van der Waals surface area contributed by atoms with Gasteiger partial charge in [0.25, 0.3) is 0 Å². The Bertz CT molecular complexity index is 655. The molecule has 2 aromatic carbocycles. The van der Waals surface area contributed by atoms with Crippen molar-refractivity contribution in [3.63, 3.8) is 0 Å². The van der Waals surface area contributed by atoms with Gasteiger partial charge in [-0.15, -0.1) is 0 Å². The molecule has 2 rings (SSSR count). The summed E-state index contributed by atoms with van der Waals surface area (Å²) in [6.45, 7) is 6.31. The molecule has 0 aliphatic rings. The summed E-state index contributed by atoms with van der Waals surface area (Å²) >= 11 is 0. The zero-order chi connectivity index (χ0) is 15.6. The van der Waals surface area contributed by atoms with Gasteiger partial charge in [-0.25, -0.2) is 4.79 Å². The van der Waals surface area contributed by atoms with Crippen molar-refractivity contribution >= 4 is 17.3 Å². The number of aromatic hydroxyl groups is 1. The molecule has 3 N–H and O–H groups in total. The second-order valence-corrected chi connectivity index (χ2v) is 5.99. The molecule has 110 valence electrons. The minimum atomic E-state index is -0.959. The minimum Gasteiger partial charge on any atom is -0.506 e. The molecular formula is C17H19NO3. The molecule has 0 saturated heterocycles. The molecule has 0 amide bonds. The fraction of sp³-hybridized carbons (Fsp3) is 0.235. The number of phenols is 1. The number of anilines is 2. The van der Waals surface area contributed by atoms with Crippen LogP contribution in [0.25, 0.3) is 0 Å². The van der Waals surface area contributed by atoms with Crippen molar-refractivity contribution in [3.8, 4) is 5.75 Å². The number of carboxylic acids is 1. The van der Waals surface area contributed by atoms with Gasteiger partial charge in [-0.3, -0.25) is 0 Å². The number of nitrogens with one attached hydrogen (secondary N) is 1. The maximum Gasteiger partial charge on any atom is 0.335 e. The smallest absolute Gasteiger partial charge is 0.335 e. The summed E-state index contributed by atoms with van der Waals surface area (Å²) in [7, 11) is 0. The summed E-state index contributed by atoms with van der Waals surface area (Å²) in [6, 6.07) is 11.9. The highest BCUT2D eigenvalue weighted by atomic mass is 16.4. The first-order valence-corrected chi connectivity index (χ1v) is 6.71. The molecule has 0 aliphatic carbocycles. The van der Waals surface area contributed by atoms with Crippen molar-refractivity contribution in [2.24, 2.45) is 0 Å². The third-order valence-electron chi connectivity index (χ3n) is 3.27. The van der Waals surface area contributed by atoms with Gasteiger partial charge in [0.2, 0.25) is 0 Å². The molecule has 2 aromatic rings. The molecule has 0 heterocycles. The van der Waals surface area contributed by atoms with E-state index < -0.39 is 5.97 Å². The van der Waals surface area contributed by atoms with E-state index in [0.29, 0.717) is 5.69 Å². The number of rotatable bonds is 3. The lowest BCUT2D eigenvalue weighted by molar-refractivity contribution is 0.0697. The second-order valence-electron chi connectivity index (χ2n) is 5.99. The number of hydrogen-bond donors (Lipinski definition) is 3. The first kappa shape index (κ1) is 14.9. The predicted molar refractivity (Wildman–Crippen MR) is 83.5 cm³/mol. The van der Waals surface area contributed by atoms with Crippen molar-refractivity contribution < 1.29 is 15.0 Å². The van der Waals surface area contributed by atoms with Crippen LogP contribution in [0, 0.1) is 0 Å². The van der Waals surface area contributed by atoms with Crippen LogP contribution >= 0.6 is 0 Å². The topological polar surface area (TPSA) is 69.6 Å². The second kappa shape index (κ2) is 5.48. The Labute approximate surface area is 124 Å². The third kappa shape index (κ3) is 3.54. The summed E-state index contributed by atoms with van der Waals surface area (Å²) in [4.78, 5) is 10.8. The molecule has 21 heavy (non-hydrogen) atoms. The maximum atomic E-state index is 10.8. The summed E-state index contributed by atoms with van der Waals surface area (Å²) in [5.74, 6) is -0.801. The average molecular weight is 285 g/mol. The normalized spacial score (nSPS) is 11.2. The zero-order valence-electron chi connectivity index (χ0n) is 12.3. The number of hydrogen-bond acceptors (Lipinski definition) is 3. The molecular weight excluding hydrogens is 266 g/mol. The first-order chi connectivity index (χ1) is 9.77. The van der Waals surface area contributed by atoms with Gasteiger partial charge in [0.1, 0.15) is 5.75 Å². The van der Waals surface area contributed by atoms with E-state index >= 15 is 0 Å². The molecule has 0 spiro atoms. The van der Waals surface area contributed by atoms with Crippen molar-refractivity contribution in [1.82, 2.24) is 0 Å². The largest absolute Gasteiger partial charge is 0.506 e. The van der Waals surface area contributed by atoms with Crippen LogP contribution < -0.4 is 5.32 Å². The zero-order valence-corrected chi connectivity index (χ0v) is 12.3. The molecule has 0 bridgehead atoms. The molecule has 0 radical (unpaired) electrons. The van der Waals surface area contributed by atoms with E-state index in [-0.39, 0.29) is 16.7 Å². The Balaban J connectivity index is 2.28. The van der Waals surface area contributed by atoms with Gasteiger partial charge < -0.3 is 15.5 Å². The molecule has 4 heteroatoms. The van der Waals surface area contributed by atoms with Crippen molar-refractivity contribution in [2.75, 3.05) is 5.32 Å². The monoisotopic (exact) mass is 285 g/mol. The van der Waals surface area contributed by atoms with Crippen LogP contribution in [-0.2, 0) is 5.41 Å². The Morgan fingerprint density at radius 2 is 1.67 bits per heavy atom. The van der Waals surface area contributed by atoms with Gasteiger partial charge in [-0.2, -0.15) is 0 Å². The lowest BCUT2D eigenvalue weighted by Crippen LogP contribution is -2.11. The molecule has 0 saturated carbocycles. The van der Waals surface area contributed by atoms with Crippen LogP contribution in [0.1, 0.15) is 36.7 Å². The van der Waals surface area contributed by atoms with E-state index in [9.17, 15) is 9.90 Å². The highest BCUT2D eigenvalue weighted by Gasteiger charge is 2.15. The summed E-state index contributed by atoms with van der Waals surface area (Å²) in [5, 5.41) is 21.9. The number of phenolic OH excluding ortho intramolecular Hbond substituents is 1. The first-order valence-electron chi connectivity index (χ1n) is 6.71. The lowest BCUT2D eigenvalue weighted by Gasteiger charge is -2.20. The highest BCUT2D eigenvalue weighted by Crippen LogP contribution is 2.32. The summed E-state index contributed by atoms with van der Waals surface area (Å²) < 4.78 is 0. The van der Waals surface area contributed by atoms with E-state index in [1.165, 1.54) is 12.1 Å². The average Bonchev–Trinajstić information content (AvgIpc) is 2.40. The number of carboxylic acid groups (broad SMARTS) is 1. The molecule has 0 aliphatic heterocycles. The van der Waals surface area contributed by atoms with Crippen molar-refractivity contribution in [3.05, 3.63) is 53.6 Å². The predicted octanol–water partition coefficient (Wildman–Crippen LogP) is 4.13. The Morgan fingerprint density at radius 1 is 1.05 bits per heavy atom. The number of carbonyl (C=O) groups is 1. The van der Waals surface area contributed by atoms with Gasteiger partial charge in [0.15, 0.2) is 0 Å². The van der Waals surface area contributed by atoms with E-state index in [1.807, 2.05) is 12.1 Å². The van der Waals surface area contributed by atoms with Crippen LogP contribution in [0.15, 0.2) is 42.5 Å². The van der Waals surface area contributed by atoms with Gasteiger partial charge in [-0.05, 0) is 47.4 Å². The summed E-state index contributed by atoms with van der Waals surface area (Å²) in [6.07, 6.45) is 0. The van der Waals surface area contributed by atoms with Crippen LogP contribution in [0.4, 0.5) is 11.4 Å². The Morgan fingerprint density at radius 3 is 2.19 bits per heavy atom. The van der Waals surface area contributed by atoms with E-state index in [2.05, 4.69) is 26.1 Å². The highest BCUT2D eigenvalue weighted by molar-refractivity contribution is 5.88. The molecule has 0 unspecified atom stereocenters. The standard InChI is InChI=1S/C17H19NO3/c1-17(2,3)12-6-9-15(19)14(10-12)18-13-7-4-11(5-8-13)16(20)21/h4-10,18-19H,1-3H3,(H,20,21). The van der Waals surface area contributed by atoms with Crippen molar-refractivity contribution in [2.45, 2.75) is 26.2 Å². The number of aromatic carboxylic acids is 1. The third-order valence-corrected chi connectivity index (χ3v) is 3.27. The SMILES string of the molecule is CC(C)(C)c1ccc(O)c(Nc2ccc(C(=O)O)cc2)c1. The molecule has 4 nitrogen and oxygen atoms in total. The van der Waals surface area contributed by atoms with Crippen LogP contribution in [0.2, 0.25) is 0 Å². The van der Waals surface area contributed by atoms with Crippen molar-refractivity contribution in [1.29, 1.82) is 0 Å². The van der Waals surface area contributed by atoms with E-state index in [4.69, 9.17) is 5.11 Å². The maximum absolute atomic E-state index is 10.8. The van der Waals surface area contributed by atoms with Crippen LogP contribution in [0.5, 0.6) is 5.75 Å². The molecule has 0 atom stereocenters. The van der Waals surface area contributed by atoms with Gasteiger partial charge in [0, 0.05) is 5.69 Å².